The highest BCUT2D eigenvalue weighted by Crippen LogP contribution is 2.20. The smallest absolute Gasteiger partial charge is 0.343 e. The van der Waals surface area contributed by atoms with Gasteiger partial charge in [0.15, 0.2) is 0 Å². The molecule has 1 aromatic heterocycles. The maximum absolute atomic E-state index is 13.2. The number of hydrogen-bond donors (Lipinski definition) is 2. The normalized spacial score (nSPS) is 15.4. The van der Waals surface area contributed by atoms with Crippen molar-refractivity contribution in [2.75, 3.05) is 7.11 Å². The lowest BCUT2D eigenvalue weighted by Gasteiger charge is -2.05. The number of allylic oxidation sites excluding steroid dienone is 6. The molecule has 0 radical (unpaired) electrons. The van der Waals surface area contributed by atoms with Crippen molar-refractivity contribution in [3.63, 3.8) is 0 Å². The number of hydrogen-bond acceptors (Lipinski definition) is 5. The highest BCUT2D eigenvalue weighted by Gasteiger charge is 2.14. The summed E-state index contributed by atoms with van der Waals surface area (Å²) in [6, 6.07) is 1.69. The summed E-state index contributed by atoms with van der Waals surface area (Å²) in [6.07, 6.45) is 9.08. The van der Waals surface area contributed by atoms with Gasteiger partial charge in [0.1, 0.15) is 17.2 Å². The summed E-state index contributed by atoms with van der Waals surface area (Å²) in [5.74, 6) is -1.04. The highest BCUT2D eigenvalue weighted by atomic mass is 19.1. The largest absolute Gasteiger partial charge is 0.465 e. The van der Waals surface area contributed by atoms with Gasteiger partial charge in [-0.15, -0.1) is 0 Å². The number of carbonyl (C=O) groups excluding carboxylic acids is 1. The molecule has 1 heterocycles. The average Bonchev–Trinajstić information content (AvgIpc) is 2.91. The molecule has 0 atom stereocenters. The number of nitrogens with two attached hydrogens (primary N) is 1. The van der Waals surface area contributed by atoms with Crippen molar-refractivity contribution < 1.29 is 13.9 Å². The molecule has 6 nitrogen and oxygen atoms in total. The van der Waals surface area contributed by atoms with Gasteiger partial charge in [-0.2, -0.15) is 5.10 Å². The summed E-state index contributed by atoms with van der Waals surface area (Å²) in [5, 5.41) is 11.5. The number of aromatic nitrogens is 2. The van der Waals surface area contributed by atoms with Gasteiger partial charge < -0.3 is 15.9 Å². The van der Waals surface area contributed by atoms with Crippen LogP contribution in [-0.4, -0.2) is 29.1 Å². The lowest BCUT2D eigenvalue weighted by Crippen LogP contribution is -2.17. The molecule has 0 amide bonds. The van der Waals surface area contributed by atoms with Crippen LogP contribution in [0.15, 0.2) is 48.0 Å². The Balaban J connectivity index is 2.34. The summed E-state index contributed by atoms with van der Waals surface area (Å²) < 4.78 is 19.0. The molecule has 22 heavy (non-hydrogen) atoms. The second kappa shape index (κ2) is 6.66. The monoisotopic (exact) mass is 302 g/mol. The number of rotatable bonds is 4. The van der Waals surface area contributed by atoms with E-state index in [9.17, 15) is 9.18 Å². The average molecular weight is 302 g/mol. The number of carbonyl (C=O) groups is 1. The fourth-order valence-electron chi connectivity index (χ4n) is 1.88. The Morgan fingerprint density at radius 2 is 2.27 bits per heavy atom. The molecule has 3 N–H and O–H groups in total. The quantitative estimate of drug-likeness (QED) is 0.505. The molecule has 0 saturated heterocycles. The predicted octanol–water partition coefficient (Wildman–Crippen LogP) is 2.03. The van der Waals surface area contributed by atoms with E-state index in [0.717, 1.165) is 11.8 Å². The zero-order valence-electron chi connectivity index (χ0n) is 11.9. The summed E-state index contributed by atoms with van der Waals surface area (Å²) in [5.41, 5.74) is 7.06. The van der Waals surface area contributed by atoms with Gasteiger partial charge in [-0.05, 0) is 30.2 Å². The fraction of sp³-hybridized carbons (Fsp3) is 0.133. The maximum atomic E-state index is 13.2. The summed E-state index contributed by atoms with van der Waals surface area (Å²) in [4.78, 5) is 11.5. The van der Waals surface area contributed by atoms with Crippen molar-refractivity contribution in [3.05, 3.63) is 53.7 Å². The van der Waals surface area contributed by atoms with Crippen molar-refractivity contribution in [2.45, 2.75) is 6.42 Å². The van der Waals surface area contributed by atoms with E-state index >= 15 is 0 Å². The van der Waals surface area contributed by atoms with Crippen molar-refractivity contribution in [2.24, 2.45) is 5.73 Å². The molecule has 0 bridgehead atoms. The number of methoxy groups -OCH3 is 1. The van der Waals surface area contributed by atoms with Crippen molar-refractivity contribution >= 4 is 23.6 Å². The summed E-state index contributed by atoms with van der Waals surface area (Å²) >= 11 is 0. The third-order valence-electron chi connectivity index (χ3n) is 3.03. The Morgan fingerprint density at radius 1 is 1.50 bits per heavy atom. The lowest BCUT2D eigenvalue weighted by molar-refractivity contribution is -0.135. The fourth-order valence-corrected chi connectivity index (χ4v) is 1.88. The number of nitrogens with one attached hydrogen (secondary N) is 1. The van der Waals surface area contributed by atoms with Crippen LogP contribution in [0.2, 0.25) is 0 Å². The van der Waals surface area contributed by atoms with E-state index in [1.165, 1.54) is 23.9 Å². The van der Waals surface area contributed by atoms with E-state index in [1.807, 2.05) is 6.08 Å². The molecule has 0 saturated carbocycles. The number of nitrogens with zero attached hydrogens (tertiary/aromatic N) is 2. The molecule has 7 heteroatoms. The van der Waals surface area contributed by atoms with E-state index in [4.69, 9.17) is 11.1 Å². The van der Waals surface area contributed by atoms with Crippen molar-refractivity contribution in [1.82, 2.24) is 9.78 Å². The second-order valence-corrected chi connectivity index (χ2v) is 4.40. The zero-order chi connectivity index (χ0) is 16.1. The molecule has 1 aromatic rings. The molecule has 114 valence electrons. The Kier molecular flexibility index (Phi) is 4.67. The zero-order valence-corrected chi connectivity index (χ0v) is 11.9. The molecule has 1 aliphatic rings. The minimum Gasteiger partial charge on any atom is -0.465 e. The number of ether oxygens (including phenoxy) is 1. The molecule has 0 aromatic carbocycles. The van der Waals surface area contributed by atoms with Crippen LogP contribution in [0.25, 0.3) is 11.4 Å². The summed E-state index contributed by atoms with van der Waals surface area (Å²) in [7, 11) is 1.20. The molecule has 2 rings (SSSR count). The van der Waals surface area contributed by atoms with Gasteiger partial charge in [-0.3, -0.25) is 0 Å². The van der Waals surface area contributed by atoms with Crippen LogP contribution in [0.3, 0.4) is 0 Å². The van der Waals surface area contributed by atoms with Crippen LogP contribution in [0.1, 0.15) is 12.1 Å². The Labute approximate surface area is 126 Å². The van der Waals surface area contributed by atoms with Gasteiger partial charge in [-0.25, -0.2) is 13.9 Å². The minimum atomic E-state index is -0.718. The van der Waals surface area contributed by atoms with Crippen LogP contribution >= 0.6 is 0 Å². The summed E-state index contributed by atoms with van der Waals surface area (Å²) in [6.45, 7) is 0. The third-order valence-corrected chi connectivity index (χ3v) is 3.03. The van der Waals surface area contributed by atoms with Crippen molar-refractivity contribution in [3.8, 4) is 0 Å². The molecule has 0 spiro atoms. The standard InChI is InChI=1S/C15H15FN4O2/c1-22-15(21)12(9-17)14(18)20-8-7-13(19-20)10-3-2-4-11(16)6-5-10/h3-9,17H,2,18H2,1H3/b14-12+,17-9?. The first-order valence-corrected chi connectivity index (χ1v) is 6.45. The van der Waals surface area contributed by atoms with Gasteiger partial charge in [0, 0.05) is 12.4 Å². The third kappa shape index (κ3) is 3.20. The molecule has 0 unspecified atom stereocenters. The van der Waals surface area contributed by atoms with E-state index < -0.39 is 5.97 Å². The van der Waals surface area contributed by atoms with E-state index in [0.29, 0.717) is 12.1 Å². The highest BCUT2D eigenvalue weighted by molar-refractivity contribution is 6.13. The van der Waals surface area contributed by atoms with Crippen LogP contribution < -0.4 is 5.73 Å². The molecule has 0 aliphatic heterocycles. The van der Waals surface area contributed by atoms with Gasteiger partial charge in [0.2, 0.25) is 0 Å². The van der Waals surface area contributed by atoms with Crippen molar-refractivity contribution in [1.29, 1.82) is 5.41 Å². The molecule has 1 aliphatic carbocycles. The Bertz CT molecular complexity index is 726. The second-order valence-electron chi connectivity index (χ2n) is 4.40. The van der Waals surface area contributed by atoms with Gasteiger partial charge in [0.05, 0.1) is 12.8 Å². The van der Waals surface area contributed by atoms with Gasteiger partial charge in [0.25, 0.3) is 0 Å². The van der Waals surface area contributed by atoms with E-state index in [-0.39, 0.29) is 17.2 Å². The molecular formula is C15H15FN4O2. The molecular weight excluding hydrogens is 287 g/mol. The van der Waals surface area contributed by atoms with Gasteiger partial charge in [-0.1, -0.05) is 12.2 Å². The Morgan fingerprint density at radius 3 is 2.95 bits per heavy atom. The van der Waals surface area contributed by atoms with E-state index in [2.05, 4.69) is 9.84 Å². The number of halogens is 1. The lowest BCUT2D eigenvalue weighted by atomic mass is 10.1. The minimum absolute atomic E-state index is 0.0180. The maximum Gasteiger partial charge on any atom is 0.343 e. The van der Waals surface area contributed by atoms with Gasteiger partial charge >= 0.3 is 5.97 Å². The van der Waals surface area contributed by atoms with Crippen LogP contribution in [0.4, 0.5) is 4.39 Å². The van der Waals surface area contributed by atoms with Crippen LogP contribution in [-0.2, 0) is 9.53 Å². The Hall–Kier alpha value is -2.96. The first kappa shape index (κ1) is 15.4. The number of esters is 1. The predicted molar refractivity (Wildman–Crippen MR) is 81.4 cm³/mol. The first-order chi connectivity index (χ1) is 10.6. The van der Waals surface area contributed by atoms with Crippen LogP contribution in [0, 0.1) is 5.41 Å². The first-order valence-electron chi connectivity index (χ1n) is 6.45. The van der Waals surface area contributed by atoms with E-state index in [1.54, 1.807) is 18.3 Å². The van der Waals surface area contributed by atoms with Crippen LogP contribution in [0.5, 0.6) is 0 Å². The topological polar surface area (TPSA) is 94.0 Å². The SMILES string of the molecule is COC(=O)/C(C=N)=C(\N)n1ccc(C2=CCC=C(F)C=C2)n1. The molecule has 0 fully saturated rings.